The zero-order valence-electron chi connectivity index (χ0n) is 11.7. The Hall–Kier alpha value is -1.78. The molecule has 2 heterocycles. The number of aromatic nitrogens is 4. The largest absolute Gasteiger partial charge is 0.355 e. The average molecular weight is 247 g/mol. The lowest BCUT2D eigenvalue weighted by atomic mass is 10.2. The molecule has 0 aromatic carbocycles. The highest BCUT2D eigenvalue weighted by Crippen LogP contribution is 2.19. The van der Waals surface area contributed by atoms with Gasteiger partial charge in [-0.15, -0.1) is 0 Å². The molecule has 0 aliphatic rings. The normalized spacial score (nSPS) is 11.2. The molecular weight excluding hydrogens is 226 g/mol. The summed E-state index contributed by atoms with van der Waals surface area (Å²) in [4.78, 5) is 4.52. The topological polar surface area (TPSA) is 47.7 Å². The van der Waals surface area contributed by atoms with E-state index < -0.39 is 0 Å². The van der Waals surface area contributed by atoms with Crippen molar-refractivity contribution in [2.75, 3.05) is 11.9 Å². The van der Waals surface area contributed by atoms with Crippen molar-refractivity contribution < 1.29 is 0 Å². The van der Waals surface area contributed by atoms with Crippen molar-refractivity contribution in [3.8, 4) is 5.69 Å². The fourth-order valence-electron chi connectivity index (χ4n) is 1.93. The van der Waals surface area contributed by atoms with Gasteiger partial charge in [0.2, 0.25) is 5.95 Å². The molecule has 0 radical (unpaired) electrons. The number of rotatable bonds is 4. The van der Waals surface area contributed by atoms with Gasteiger partial charge in [-0.1, -0.05) is 13.8 Å². The maximum absolute atomic E-state index is 4.52. The highest BCUT2D eigenvalue weighted by atomic mass is 15.3. The molecule has 2 aromatic rings. The summed E-state index contributed by atoms with van der Waals surface area (Å²) in [5, 5.41) is 7.76. The quantitative estimate of drug-likeness (QED) is 0.901. The summed E-state index contributed by atoms with van der Waals surface area (Å²) in [6.45, 7) is 9.29. The van der Waals surface area contributed by atoms with E-state index in [1.54, 1.807) is 0 Å². The predicted octanol–water partition coefficient (Wildman–Crippen LogP) is 2.29. The van der Waals surface area contributed by atoms with E-state index in [9.17, 15) is 0 Å². The Morgan fingerprint density at radius 1 is 1.28 bits per heavy atom. The van der Waals surface area contributed by atoms with Gasteiger partial charge in [-0.3, -0.25) is 9.25 Å². The Labute approximate surface area is 108 Å². The molecule has 1 N–H and O–H groups in total. The molecule has 98 valence electrons. The summed E-state index contributed by atoms with van der Waals surface area (Å²) in [5.41, 5.74) is 3.08. The van der Waals surface area contributed by atoms with Gasteiger partial charge in [-0.25, -0.2) is 4.98 Å². The summed E-state index contributed by atoms with van der Waals surface area (Å²) < 4.78 is 3.90. The molecule has 0 unspecified atom stereocenters. The highest BCUT2D eigenvalue weighted by Gasteiger charge is 2.12. The Morgan fingerprint density at radius 2 is 2.00 bits per heavy atom. The van der Waals surface area contributed by atoms with E-state index in [-0.39, 0.29) is 0 Å². The van der Waals surface area contributed by atoms with E-state index in [1.807, 2.05) is 38.0 Å². The second kappa shape index (κ2) is 4.84. The number of imidazole rings is 1. The molecule has 5 nitrogen and oxygen atoms in total. The summed E-state index contributed by atoms with van der Waals surface area (Å²) in [6, 6.07) is 0. The molecule has 0 amide bonds. The van der Waals surface area contributed by atoms with Crippen molar-refractivity contribution in [2.45, 2.75) is 27.7 Å². The maximum Gasteiger partial charge on any atom is 0.207 e. The number of hydrogen-bond acceptors (Lipinski definition) is 3. The summed E-state index contributed by atoms with van der Waals surface area (Å²) in [7, 11) is 1.93. The summed E-state index contributed by atoms with van der Waals surface area (Å²) >= 11 is 0. The van der Waals surface area contributed by atoms with E-state index >= 15 is 0 Å². The van der Waals surface area contributed by atoms with Gasteiger partial charge in [0.05, 0.1) is 17.1 Å². The Balaban J connectivity index is 2.35. The van der Waals surface area contributed by atoms with Crippen molar-refractivity contribution in [1.82, 2.24) is 19.3 Å². The molecule has 0 saturated heterocycles. The van der Waals surface area contributed by atoms with Crippen LogP contribution < -0.4 is 5.32 Å². The molecule has 0 atom stereocenters. The van der Waals surface area contributed by atoms with E-state index in [2.05, 4.69) is 33.8 Å². The van der Waals surface area contributed by atoms with Crippen molar-refractivity contribution in [3.05, 3.63) is 23.8 Å². The average Bonchev–Trinajstić information content (AvgIpc) is 2.78. The van der Waals surface area contributed by atoms with Crippen LogP contribution in [0.1, 0.15) is 25.2 Å². The first-order valence-electron chi connectivity index (χ1n) is 6.28. The third-order valence-corrected chi connectivity index (χ3v) is 2.74. The lowest BCUT2D eigenvalue weighted by Crippen LogP contribution is -2.12. The third kappa shape index (κ3) is 2.55. The molecule has 0 aliphatic heterocycles. The minimum Gasteiger partial charge on any atom is -0.355 e. The van der Waals surface area contributed by atoms with Crippen LogP contribution in [-0.4, -0.2) is 25.9 Å². The first-order valence-corrected chi connectivity index (χ1v) is 6.28. The van der Waals surface area contributed by atoms with Crippen molar-refractivity contribution in [1.29, 1.82) is 0 Å². The van der Waals surface area contributed by atoms with Crippen LogP contribution in [-0.2, 0) is 7.05 Å². The Bertz CT molecular complexity index is 536. The highest BCUT2D eigenvalue weighted by molar-refractivity contribution is 5.44. The molecular formula is C13H21N5. The van der Waals surface area contributed by atoms with Crippen LogP contribution in [0.25, 0.3) is 5.69 Å². The van der Waals surface area contributed by atoms with Gasteiger partial charge < -0.3 is 5.32 Å². The van der Waals surface area contributed by atoms with E-state index in [1.165, 1.54) is 0 Å². The number of nitrogens with one attached hydrogen (secondary N) is 1. The molecule has 0 bridgehead atoms. The molecule has 0 spiro atoms. The van der Waals surface area contributed by atoms with Crippen molar-refractivity contribution >= 4 is 5.95 Å². The van der Waals surface area contributed by atoms with Crippen LogP contribution >= 0.6 is 0 Å². The first kappa shape index (κ1) is 12.7. The van der Waals surface area contributed by atoms with Crippen LogP contribution in [0.5, 0.6) is 0 Å². The summed E-state index contributed by atoms with van der Waals surface area (Å²) in [5.74, 6) is 1.47. The van der Waals surface area contributed by atoms with Gasteiger partial charge in [0.1, 0.15) is 0 Å². The van der Waals surface area contributed by atoms with Crippen molar-refractivity contribution in [3.63, 3.8) is 0 Å². The number of anilines is 1. The minimum absolute atomic E-state index is 0.588. The van der Waals surface area contributed by atoms with Gasteiger partial charge >= 0.3 is 0 Å². The van der Waals surface area contributed by atoms with Gasteiger partial charge in [-0.05, 0) is 19.8 Å². The first-order chi connectivity index (χ1) is 8.47. The number of nitrogens with zero attached hydrogens (tertiary/aromatic N) is 4. The maximum atomic E-state index is 4.52. The van der Waals surface area contributed by atoms with E-state index in [0.717, 1.165) is 29.6 Å². The zero-order chi connectivity index (χ0) is 13.3. The molecule has 0 fully saturated rings. The smallest absolute Gasteiger partial charge is 0.207 e. The van der Waals surface area contributed by atoms with Crippen LogP contribution in [0, 0.1) is 19.8 Å². The van der Waals surface area contributed by atoms with Gasteiger partial charge in [-0.2, -0.15) is 5.10 Å². The fraction of sp³-hybridized carbons (Fsp3) is 0.538. The second-order valence-corrected chi connectivity index (χ2v) is 5.12. The standard InChI is InChI=1S/C13H21N5/c1-9(2)6-14-13-15-10(3)7-18(13)12-8-17(5)16-11(12)4/h7-9H,6H2,1-5H3,(H,14,15). The Kier molecular flexibility index (Phi) is 3.41. The Morgan fingerprint density at radius 3 is 2.56 bits per heavy atom. The third-order valence-electron chi connectivity index (χ3n) is 2.74. The SMILES string of the molecule is Cc1cn(-c2cn(C)nc2C)c(NCC(C)C)n1. The number of hydrogen-bond donors (Lipinski definition) is 1. The van der Waals surface area contributed by atoms with Gasteiger partial charge in [0.25, 0.3) is 0 Å². The molecule has 0 aliphatic carbocycles. The predicted molar refractivity (Wildman–Crippen MR) is 73.1 cm³/mol. The van der Waals surface area contributed by atoms with Gasteiger partial charge in [0, 0.05) is 26.0 Å². The monoisotopic (exact) mass is 247 g/mol. The molecule has 5 heteroatoms. The van der Waals surface area contributed by atoms with Crippen molar-refractivity contribution in [2.24, 2.45) is 13.0 Å². The van der Waals surface area contributed by atoms with E-state index in [4.69, 9.17) is 0 Å². The minimum atomic E-state index is 0.588. The molecule has 2 rings (SSSR count). The van der Waals surface area contributed by atoms with E-state index in [0.29, 0.717) is 5.92 Å². The van der Waals surface area contributed by atoms with Crippen LogP contribution in [0.3, 0.4) is 0 Å². The van der Waals surface area contributed by atoms with Crippen LogP contribution in [0.15, 0.2) is 12.4 Å². The lowest BCUT2D eigenvalue weighted by molar-refractivity contribution is 0.683. The number of aryl methyl sites for hydroxylation is 3. The second-order valence-electron chi connectivity index (χ2n) is 5.12. The van der Waals surface area contributed by atoms with Gasteiger partial charge in [0.15, 0.2) is 0 Å². The lowest BCUT2D eigenvalue weighted by Gasteiger charge is -2.10. The van der Waals surface area contributed by atoms with Crippen LogP contribution in [0.2, 0.25) is 0 Å². The van der Waals surface area contributed by atoms with Crippen LogP contribution in [0.4, 0.5) is 5.95 Å². The molecule has 2 aromatic heterocycles. The summed E-state index contributed by atoms with van der Waals surface area (Å²) in [6.07, 6.45) is 4.05. The molecule has 0 saturated carbocycles. The fourth-order valence-corrected chi connectivity index (χ4v) is 1.93. The molecule has 18 heavy (non-hydrogen) atoms. The zero-order valence-corrected chi connectivity index (χ0v) is 11.7.